The fourth-order valence-corrected chi connectivity index (χ4v) is 2.31. The molecule has 0 bridgehead atoms. The van der Waals surface area contributed by atoms with Crippen LogP contribution in [-0.4, -0.2) is 22.0 Å². The highest BCUT2D eigenvalue weighted by atomic mass is 35.5. The number of imidazole rings is 1. The normalized spacial score (nSPS) is 12.6. The Morgan fingerprint density at radius 2 is 2.26 bits per heavy atom. The van der Waals surface area contributed by atoms with Crippen molar-refractivity contribution in [1.29, 1.82) is 0 Å². The summed E-state index contributed by atoms with van der Waals surface area (Å²) >= 11 is 12.1. The van der Waals surface area contributed by atoms with Crippen molar-refractivity contribution in [2.75, 3.05) is 6.54 Å². The molecule has 0 aliphatic rings. The lowest BCUT2D eigenvalue weighted by atomic mass is 10.3. The van der Waals surface area contributed by atoms with Crippen molar-refractivity contribution in [3.8, 4) is 0 Å². The molecule has 19 heavy (non-hydrogen) atoms. The molecule has 0 saturated heterocycles. The summed E-state index contributed by atoms with van der Waals surface area (Å²) in [6.45, 7) is 4.50. The molecule has 2 rings (SSSR count). The van der Waals surface area contributed by atoms with Crippen LogP contribution >= 0.6 is 23.2 Å². The molecule has 0 spiro atoms. The summed E-state index contributed by atoms with van der Waals surface area (Å²) in [6.07, 6.45) is 0. The van der Waals surface area contributed by atoms with Gasteiger partial charge < -0.3 is 9.88 Å². The zero-order chi connectivity index (χ0) is 14.0. The van der Waals surface area contributed by atoms with E-state index < -0.39 is 0 Å². The smallest absolute Gasteiger partial charge is 0.239 e. The Morgan fingerprint density at radius 1 is 1.53 bits per heavy atom. The third kappa shape index (κ3) is 3.01. The van der Waals surface area contributed by atoms with Gasteiger partial charge in [0.1, 0.15) is 12.4 Å². The number of rotatable bonds is 4. The number of aromatic nitrogens is 2. The number of benzene rings is 1. The van der Waals surface area contributed by atoms with Gasteiger partial charge in [0, 0.05) is 11.6 Å². The minimum atomic E-state index is -0.277. The van der Waals surface area contributed by atoms with Gasteiger partial charge in [0.05, 0.1) is 16.4 Å². The van der Waals surface area contributed by atoms with Crippen LogP contribution in [0.3, 0.4) is 0 Å². The number of hydrogen-bond acceptors (Lipinski definition) is 2. The number of amides is 1. The van der Waals surface area contributed by atoms with E-state index in [1.807, 2.05) is 24.5 Å². The summed E-state index contributed by atoms with van der Waals surface area (Å²) in [7, 11) is 0. The minimum Gasteiger partial charge on any atom is -0.355 e. The van der Waals surface area contributed by atoms with E-state index in [1.165, 1.54) is 0 Å². The molecule has 0 aliphatic carbocycles. The molecule has 0 aliphatic heterocycles. The Labute approximate surface area is 121 Å². The average molecular weight is 300 g/mol. The van der Waals surface area contributed by atoms with E-state index in [-0.39, 0.29) is 17.8 Å². The maximum atomic E-state index is 11.8. The van der Waals surface area contributed by atoms with Crippen molar-refractivity contribution in [2.24, 2.45) is 0 Å². The van der Waals surface area contributed by atoms with Crippen molar-refractivity contribution < 1.29 is 4.79 Å². The maximum absolute atomic E-state index is 11.8. The number of nitrogens with zero attached hydrogens (tertiary/aromatic N) is 2. The standard InChI is InChI=1S/C13H15Cl2N3O/c1-3-16-12(19)7-18-11-6-9(15)4-5-10(11)17-13(18)8(2)14/h4-6,8H,3,7H2,1-2H3,(H,16,19). The zero-order valence-corrected chi connectivity index (χ0v) is 12.3. The molecule has 2 aromatic rings. The number of halogens is 2. The summed E-state index contributed by atoms with van der Waals surface area (Å²) in [4.78, 5) is 16.2. The van der Waals surface area contributed by atoms with Crippen molar-refractivity contribution in [2.45, 2.75) is 25.8 Å². The minimum absolute atomic E-state index is 0.0691. The highest BCUT2D eigenvalue weighted by molar-refractivity contribution is 6.31. The molecule has 1 atom stereocenters. The second-order valence-corrected chi connectivity index (χ2v) is 5.35. The number of carbonyl (C=O) groups excluding carboxylic acids is 1. The van der Waals surface area contributed by atoms with Gasteiger partial charge >= 0.3 is 0 Å². The lowest BCUT2D eigenvalue weighted by Crippen LogP contribution is -2.27. The molecule has 1 N–H and O–H groups in total. The Kier molecular flexibility index (Phi) is 4.32. The molecule has 1 amide bonds. The van der Waals surface area contributed by atoms with Crippen LogP contribution in [0.25, 0.3) is 11.0 Å². The molecule has 0 saturated carbocycles. The molecular formula is C13H15Cl2N3O. The molecule has 1 unspecified atom stereocenters. The Hall–Kier alpha value is -1.26. The first-order chi connectivity index (χ1) is 9.02. The van der Waals surface area contributed by atoms with Gasteiger partial charge in [0.25, 0.3) is 0 Å². The summed E-state index contributed by atoms with van der Waals surface area (Å²) in [5, 5.41) is 3.10. The third-order valence-electron chi connectivity index (χ3n) is 2.77. The van der Waals surface area contributed by atoms with Gasteiger partial charge in [-0.2, -0.15) is 0 Å². The molecule has 6 heteroatoms. The second kappa shape index (κ2) is 5.80. The lowest BCUT2D eigenvalue weighted by Gasteiger charge is -2.10. The zero-order valence-electron chi connectivity index (χ0n) is 10.8. The molecule has 1 heterocycles. The first-order valence-corrected chi connectivity index (χ1v) is 6.90. The van der Waals surface area contributed by atoms with Crippen molar-refractivity contribution in [3.63, 3.8) is 0 Å². The first kappa shape index (κ1) is 14.2. The van der Waals surface area contributed by atoms with Crippen LogP contribution in [0, 0.1) is 0 Å². The van der Waals surface area contributed by atoms with E-state index in [0.717, 1.165) is 11.0 Å². The van der Waals surface area contributed by atoms with Crippen LogP contribution in [0.15, 0.2) is 18.2 Å². The van der Waals surface area contributed by atoms with Gasteiger partial charge in [0.15, 0.2) is 0 Å². The molecule has 0 fully saturated rings. The molecule has 0 radical (unpaired) electrons. The van der Waals surface area contributed by atoms with E-state index in [1.54, 1.807) is 12.1 Å². The predicted molar refractivity (Wildman–Crippen MR) is 77.7 cm³/mol. The molecule has 1 aromatic heterocycles. The van der Waals surface area contributed by atoms with Gasteiger partial charge in [-0.25, -0.2) is 4.98 Å². The number of alkyl halides is 1. The van der Waals surface area contributed by atoms with Crippen LogP contribution in [-0.2, 0) is 11.3 Å². The van der Waals surface area contributed by atoms with E-state index in [4.69, 9.17) is 23.2 Å². The van der Waals surface area contributed by atoms with Gasteiger partial charge in [-0.15, -0.1) is 11.6 Å². The number of nitrogens with one attached hydrogen (secondary N) is 1. The van der Waals surface area contributed by atoms with Crippen molar-refractivity contribution in [3.05, 3.63) is 29.0 Å². The van der Waals surface area contributed by atoms with Gasteiger partial charge in [0.2, 0.25) is 5.91 Å². The SMILES string of the molecule is CCNC(=O)Cn1c(C(C)Cl)nc2ccc(Cl)cc21. The van der Waals surface area contributed by atoms with Crippen molar-refractivity contribution >= 4 is 40.1 Å². The van der Waals surface area contributed by atoms with E-state index in [0.29, 0.717) is 17.4 Å². The number of fused-ring (bicyclic) bond motifs is 1. The topological polar surface area (TPSA) is 46.9 Å². The van der Waals surface area contributed by atoms with Crippen LogP contribution in [0.1, 0.15) is 25.0 Å². The number of hydrogen-bond donors (Lipinski definition) is 1. The number of carbonyl (C=O) groups is 1. The van der Waals surface area contributed by atoms with Gasteiger partial charge in [-0.05, 0) is 32.0 Å². The Balaban J connectivity index is 2.50. The summed E-state index contributed by atoms with van der Waals surface area (Å²) in [5.74, 6) is 0.602. The predicted octanol–water partition coefficient (Wildman–Crippen LogP) is 3.13. The molecule has 4 nitrogen and oxygen atoms in total. The van der Waals surface area contributed by atoms with E-state index >= 15 is 0 Å². The third-order valence-corrected chi connectivity index (χ3v) is 3.20. The largest absolute Gasteiger partial charge is 0.355 e. The second-order valence-electron chi connectivity index (χ2n) is 4.26. The van der Waals surface area contributed by atoms with Crippen LogP contribution in [0.2, 0.25) is 5.02 Å². The quantitative estimate of drug-likeness (QED) is 0.882. The van der Waals surface area contributed by atoms with Crippen LogP contribution < -0.4 is 5.32 Å². The Bertz CT molecular complexity index is 607. The van der Waals surface area contributed by atoms with Crippen molar-refractivity contribution in [1.82, 2.24) is 14.9 Å². The fourth-order valence-electron chi connectivity index (χ4n) is 1.98. The number of likely N-dealkylation sites (N-methyl/N-ethyl adjacent to an activating group) is 1. The van der Waals surface area contributed by atoms with E-state index in [2.05, 4.69) is 10.3 Å². The monoisotopic (exact) mass is 299 g/mol. The fraction of sp³-hybridized carbons (Fsp3) is 0.385. The average Bonchev–Trinajstić information content (AvgIpc) is 2.68. The van der Waals surface area contributed by atoms with Gasteiger partial charge in [-0.3, -0.25) is 4.79 Å². The highest BCUT2D eigenvalue weighted by Gasteiger charge is 2.17. The molecule has 1 aromatic carbocycles. The summed E-state index contributed by atoms with van der Waals surface area (Å²) in [5.41, 5.74) is 1.61. The van der Waals surface area contributed by atoms with Crippen LogP contribution in [0.5, 0.6) is 0 Å². The Morgan fingerprint density at radius 3 is 2.89 bits per heavy atom. The molecule has 102 valence electrons. The first-order valence-electron chi connectivity index (χ1n) is 6.09. The summed E-state index contributed by atoms with van der Waals surface area (Å²) in [6, 6.07) is 5.40. The lowest BCUT2D eigenvalue weighted by molar-refractivity contribution is -0.121. The van der Waals surface area contributed by atoms with Gasteiger partial charge in [-0.1, -0.05) is 11.6 Å². The molecular weight excluding hydrogens is 285 g/mol. The summed E-state index contributed by atoms with van der Waals surface area (Å²) < 4.78 is 1.81. The highest BCUT2D eigenvalue weighted by Crippen LogP contribution is 2.26. The van der Waals surface area contributed by atoms with Crippen LogP contribution in [0.4, 0.5) is 0 Å². The van der Waals surface area contributed by atoms with E-state index in [9.17, 15) is 4.79 Å². The maximum Gasteiger partial charge on any atom is 0.239 e.